The van der Waals surface area contributed by atoms with Gasteiger partial charge in [-0.3, -0.25) is 0 Å². The van der Waals surface area contributed by atoms with Gasteiger partial charge in [0.1, 0.15) is 12.2 Å². The second-order valence-electron chi connectivity index (χ2n) is 5.62. The van der Waals surface area contributed by atoms with Crippen molar-refractivity contribution in [2.75, 3.05) is 6.61 Å². The molecule has 17 heavy (non-hydrogen) atoms. The number of hydrogen-bond acceptors (Lipinski definition) is 3. The van der Waals surface area contributed by atoms with Gasteiger partial charge in [-0.25, -0.2) is 4.68 Å². The van der Waals surface area contributed by atoms with Gasteiger partial charge in [0.15, 0.2) is 0 Å². The van der Waals surface area contributed by atoms with Crippen LogP contribution in [0.5, 0.6) is 0 Å². The molecule has 0 spiro atoms. The zero-order chi connectivity index (χ0) is 12.5. The van der Waals surface area contributed by atoms with Gasteiger partial charge < -0.3 is 4.74 Å². The third-order valence-corrected chi connectivity index (χ3v) is 5.26. The van der Waals surface area contributed by atoms with Gasteiger partial charge in [-0.05, 0) is 19.0 Å². The van der Waals surface area contributed by atoms with Crippen molar-refractivity contribution in [2.24, 2.45) is 0 Å². The minimum atomic E-state index is -0.974. The molecule has 0 aliphatic carbocycles. The van der Waals surface area contributed by atoms with Crippen molar-refractivity contribution in [1.29, 1.82) is 0 Å². The number of rotatable bonds is 5. The average Bonchev–Trinajstić information content (AvgIpc) is 2.67. The van der Waals surface area contributed by atoms with Crippen LogP contribution < -0.4 is 0 Å². The first-order chi connectivity index (χ1) is 7.94. The van der Waals surface area contributed by atoms with Crippen LogP contribution in [0.15, 0.2) is 12.3 Å². The summed E-state index contributed by atoms with van der Waals surface area (Å²) in [6, 6.07) is 3.33. The molecule has 0 atom stereocenters. The molecule has 0 aromatic carbocycles. The van der Waals surface area contributed by atoms with Crippen molar-refractivity contribution in [3.8, 4) is 0 Å². The molecule has 0 radical (unpaired) electrons. The number of fused-ring (bicyclic) bond motifs is 1. The van der Waals surface area contributed by atoms with Crippen LogP contribution in [0.2, 0.25) is 25.7 Å². The van der Waals surface area contributed by atoms with E-state index in [0.29, 0.717) is 6.73 Å². The summed E-state index contributed by atoms with van der Waals surface area (Å²) in [5.74, 6) is 0. The molecule has 94 valence electrons. The molecule has 0 fully saturated rings. The Morgan fingerprint density at radius 1 is 1.41 bits per heavy atom. The number of nitrogens with zero attached hydrogens (tertiary/aromatic N) is 2. The summed E-state index contributed by atoms with van der Waals surface area (Å²) >= 11 is 1.78. The van der Waals surface area contributed by atoms with Gasteiger partial charge in [0.25, 0.3) is 0 Å². The van der Waals surface area contributed by atoms with Crippen molar-refractivity contribution in [3.63, 3.8) is 0 Å². The Morgan fingerprint density at radius 2 is 2.18 bits per heavy atom. The molecule has 0 aliphatic heterocycles. The Labute approximate surface area is 107 Å². The topological polar surface area (TPSA) is 27.1 Å². The quantitative estimate of drug-likeness (QED) is 0.610. The molecule has 0 bridgehead atoms. The van der Waals surface area contributed by atoms with Gasteiger partial charge in [0, 0.05) is 25.8 Å². The summed E-state index contributed by atoms with van der Waals surface area (Å²) in [5.41, 5.74) is 1.08. The maximum Gasteiger partial charge on any atom is 0.139 e. The predicted molar refractivity (Wildman–Crippen MR) is 76.5 cm³/mol. The third-order valence-electron chi connectivity index (χ3n) is 2.59. The molecule has 2 aromatic heterocycles. The Bertz CT molecular complexity index is 467. The van der Waals surface area contributed by atoms with Crippen molar-refractivity contribution in [2.45, 2.75) is 39.3 Å². The highest BCUT2D eigenvalue weighted by atomic mass is 32.1. The fraction of sp³-hybridized carbons (Fsp3) is 0.583. The van der Waals surface area contributed by atoms with Crippen molar-refractivity contribution >= 4 is 29.6 Å². The fourth-order valence-corrected chi connectivity index (χ4v) is 3.25. The van der Waals surface area contributed by atoms with Crippen LogP contribution >= 0.6 is 11.3 Å². The zero-order valence-electron chi connectivity index (χ0n) is 11.0. The molecule has 5 heteroatoms. The van der Waals surface area contributed by atoms with E-state index < -0.39 is 8.07 Å². The second-order valence-corrected chi connectivity index (χ2v) is 12.5. The summed E-state index contributed by atoms with van der Waals surface area (Å²) in [7, 11) is -0.974. The standard InChI is InChI=1S/C12H20N2OSSi/c1-10-7-11-12(16-10)8-14(13-11)9-15-5-6-17(2,3)4/h7-8H,5-6,9H2,1-4H3. The highest BCUT2D eigenvalue weighted by molar-refractivity contribution is 7.18. The molecule has 0 aliphatic rings. The van der Waals surface area contributed by atoms with Crippen LogP contribution in [0.4, 0.5) is 0 Å². The van der Waals surface area contributed by atoms with Gasteiger partial charge in [-0.15, -0.1) is 11.3 Å². The normalized spacial score (nSPS) is 12.5. The van der Waals surface area contributed by atoms with Gasteiger partial charge in [-0.1, -0.05) is 19.6 Å². The van der Waals surface area contributed by atoms with E-state index in [-0.39, 0.29) is 0 Å². The molecule has 2 aromatic rings. The molecule has 0 N–H and O–H groups in total. The Balaban J connectivity index is 1.85. The van der Waals surface area contributed by atoms with Crippen LogP contribution in [0.25, 0.3) is 10.2 Å². The first-order valence-corrected chi connectivity index (χ1v) is 10.5. The summed E-state index contributed by atoms with van der Waals surface area (Å²) in [4.78, 5) is 1.31. The van der Waals surface area contributed by atoms with Crippen LogP contribution in [-0.4, -0.2) is 24.5 Å². The number of aromatic nitrogens is 2. The summed E-state index contributed by atoms with van der Waals surface area (Å²) in [6.45, 7) is 10.6. The predicted octanol–water partition coefficient (Wildman–Crippen LogP) is 3.72. The van der Waals surface area contributed by atoms with E-state index in [1.54, 1.807) is 11.3 Å². The third kappa shape index (κ3) is 3.66. The Morgan fingerprint density at radius 3 is 2.82 bits per heavy atom. The minimum Gasteiger partial charge on any atom is -0.360 e. The van der Waals surface area contributed by atoms with E-state index in [0.717, 1.165) is 12.1 Å². The molecule has 2 heterocycles. The van der Waals surface area contributed by atoms with E-state index in [9.17, 15) is 0 Å². The van der Waals surface area contributed by atoms with Crippen LogP contribution in [-0.2, 0) is 11.5 Å². The number of thiophene rings is 1. The number of ether oxygens (including phenoxy) is 1. The van der Waals surface area contributed by atoms with Crippen molar-refractivity contribution < 1.29 is 4.74 Å². The molecule has 2 rings (SSSR count). The summed E-state index contributed by atoms with van der Waals surface area (Å²) in [5, 5.41) is 4.48. The maximum atomic E-state index is 5.66. The zero-order valence-corrected chi connectivity index (χ0v) is 12.8. The fourth-order valence-electron chi connectivity index (χ4n) is 1.59. The van der Waals surface area contributed by atoms with E-state index in [4.69, 9.17) is 4.74 Å². The van der Waals surface area contributed by atoms with Crippen molar-refractivity contribution in [3.05, 3.63) is 17.1 Å². The summed E-state index contributed by atoms with van der Waals surface area (Å²) in [6.07, 6.45) is 2.07. The average molecular weight is 268 g/mol. The molecular weight excluding hydrogens is 248 g/mol. The van der Waals surface area contributed by atoms with Crippen molar-refractivity contribution in [1.82, 2.24) is 9.78 Å². The number of hydrogen-bond donors (Lipinski definition) is 0. The van der Waals surface area contributed by atoms with Gasteiger partial charge in [0.05, 0.1) is 4.70 Å². The van der Waals surface area contributed by atoms with Gasteiger partial charge in [-0.2, -0.15) is 5.10 Å². The molecule has 0 amide bonds. The molecular formula is C12H20N2OSSi. The molecule has 0 saturated heterocycles. The van der Waals surface area contributed by atoms with Gasteiger partial charge >= 0.3 is 0 Å². The number of aryl methyl sites for hydroxylation is 1. The summed E-state index contributed by atoms with van der Waals surface area (Å²) < 4.78 is 8.80. The second kappa shape index (κ2) is 4.92. The minimum absolute atomic E-state index is 0.574. The molecule has 0 unspecified atom stereocenters. The SMILES string of the molecule is Cc1cc2nn(COCC[Si](C)(C)C)cc2s1. The molecule has 0 saturated carbocycles. The lowest BCUT2D eigenvalue weighted by Crippen LogP contribution is -2.22. The van der Waals surface area contributed by atoms with E-state index in [1.807, 2.05) is 4.68 Å². The van der Waals surface area contributed by atoms with Crippen LogP contribution in [0.3, 0.4) is 0 Å². The molecule has 3 nitrogen and oxygen atoms in total. The highest BCUT2D eigenvalue weighted by Crippen LogP contribution is 2.23. The lowest BCUT2D eigenvalue weighted by molar-refractivity contribution is 0.0791. The first-order valence-electron chi connectivity index (χ1n) is 5.95. The van der Waals surface area contributed by atoms with Gasteiger partial charge in [0.2, 0.25) is 0 Å². The Hall–Kier alpha value is -0.653. The lowest BCUT2D eigenvalue weighted by Gasteiger charge is -2.15. The van der Waals surface area contributed by atoms with Crippen LogP contribution in [0.1, 0.15) is 4.88 Å². The van der Waals surface area contributed by atoms with Crippen LogP contribution in [0, 0.1) is 6.92 Å². The monoisotopic (exact) mass is 268 g/mol. The van der Waals surface area contributed by atoms with E-state index in [1.165, 1.54) is 15.6 Å². The first kappa shape index (κ1) is 12.8. The lowest BCUT2D eigenvalue weighted by atomic mass is 10.4. The smallest absolute Gasteiger partial charge is 0.139 e. The maximum absolute atomic E-state index is 5.66. The van der Waals surface area contributed by atoms with E-state index in [2.05, 4.69) is 43.9 Å². The largest absolute Gasteiger partial charge is 0.360 e. The highest BCUT2D eigenvalue weighted by Gasteiger charge is 2.12. The Kier molecular flexibility index (Phi) is 3.70. The van der Waals surface area contributed by atoms with E-state index >= 15 is 0 Å².